The van der Waals surface area contributed by atoms with Crippen molar-refractivity contribution in [2.75, 3.05) is 6.54 Å². The van der Waals surface area contributed by atoms with Gasteiger partial charge in [-0.1, -0.05) is 35.9 Å². The Balaban J connectivity index is 2.49. The second-order valence-electron chi connectivity index (χ2n) is 4.25. The molecule has 0 atom stereocenters. The number of aromatic nitrogens is 1. The molecule has 0 saturated heterocycles. The van der Waals surface area contributed by atoms with Crippen molar-refractivity contribution in [1.29, 1.82) is 0 Å². The largest absolute Gasteiger partial charge is 0.417 e. The number of hydrogen-bond acceptors (Lipinski definition) is 2. The Morgan fingerprint density at radius 2 is 1.90 bits per heavy atom. The van der Waals surface area contributed by atoms with E-state index in [9.17, 15) is 13.2 Å². The smallest absolute Gasteiger partial charge is 0.330 e. The van der Waals surface area contributed by atoms with Crippen LogP contribution in [-0.2, 0) is 12.6 Å². The maximum Gasteiger partial charge on any atom is 0.417 e. The molecule has 2 aromatic rings. The third kappa shape index (κ3) is 3.11. The van der Waals surface area contributed by atoms with Gasteiger partial charge in [-0.3, -0.25) is 4.98 Å². The molecule has 0 fully saturated rings. The monoisotopic (exact) mass is 300 g/mol. The van der Waals surface area contributed by atoms with Gasteiger partial charge in [-0.15, -0.1) is 0 Å². The molecular formula is C14H12ClF3N2. The first-order valence-electron chi connectivity index (χ1n) is 5.94. The standard InChI is InChI=1S/C14H12ClF3N2/c15-12-7-10(14(16,17)18)8-20-13(12)11-4-2-1-3-9(11)5-6-19/h1-4,7-8H,5-6,19H2. The average Bonchev–Trinajstić information content (AvgIpc) is 2.39. The zero-order valence-corrected chi connectivity index (χ0v) is 11.2. The molecule has 0 spiro atoms. The van der Waals surface area contributed by atoms with Crippen molar-refractivity contribution in [1.82, 2.24) is 4.98 Å². The van der Waals surface area contributed by atoms with Crippen LogP contribution in [0.15, 0.2) is 36.5 Å². The van der Waals surface area contributed by atoms with Crippen molar-refractivity contribution in [3.63, 3.8) is 0 Å². The second kappa shape index (κ2) is 5.81. The number of hydrogen-bond donors (Lipinski definition) is 1. The van der Waals surface area contributed by atoms with Crippen LogP contribution in [0.2, 0.25) is 5.02 Å². The Bertz CT molecular complexity index is 612. The predicted molar refractivity (Wildman–Crippen MR) is 72.4 cm³/mol. The Morgan fingerprint density at radius 3 is 2.50 bits per heavy atom. The number of benzene rings is 1. The van der Waals surface area contributed by atoms with E-state index in [-0.39, 0.29) is 5.02 Å². The number of nitrogens with two attached hydrogens (primary N) is 1. The van der Waals surface area contributed by atoms with Crippen LogP contribution >= 0.6 is 11.6 Å². The fourth-order valence-corrected chi connectivity index (χ4v) is 2.18. The van der Waals surface area contributed by atoms with Gasteiger partial charge in [0.15, 0.2) is 0 Å². The van der Waals surface area contributed by atoms with Crippen molar-refractivity contribution in [3.05, 3.63) is 52.7 Å². The molecule has 0 saturated carbocycles. The Labute approximate surface area is 119 Å². The van der Waals surface area contributed by atoms with Crippen LogP contribution in [-0.4, -0.2) is 11.5 Å². The van der Waals surface area contributed by atoms with E-state index >= 15 is 0 Å². The van der Waals surface area contributed by atoms with E-state index in [0.29, 0.717) is 24.2 Å². The minimum atomic E-state index is -4.45. The van der Waals surface area contributed by atoms with E-state index in [1.165, 1.54) is 0 Å². The first kappa shape index (κ1) is 14.8. The first-order chi connectivity index (χ1) is 9.43. The number of pyridine rings is 1. The van der Waals surface area contributed by atoms with Gasteiger partial charge in [0.25, 0.3) is 0 Å². The molecule has 0 bridgehead atoms. The fourth-order valence-electron chi connectivity index (χ4n) is 1.92. The maximum absolute atomic E-state index is 12.6. The molecular weight excluding hydrogens is 289 g/mol. The lowest BCUT2D eigenvalue weighted by molar-refractivity contribution is -0.137. The third-order valence-electron chi connectivity index (χ3n) is 2.85. The maximum atomic E-state index is 12.6. The normalized spacial score (nSPS) is 11.7. The molecule has 0 aliphatic heterocycles. The highest BCUT2D eigenvalue weighted by Crippen LogP contribution is 2.34. The van der Waals surface area contributed by atoms with Crippen LogP contribution < -0.4 is 5.73 Å². The summed E-state index contributed by atoms with van der Waals surface area (Å²) in [6, 6.07) is 8.14. The summed E-state index contributed by atoms with van der Waals surface area (Å²) < 4.78 is 37.8. The molecule has 20 heavy (non-hydrogen) atoms. The quantitative estimate of drug-likeness (QED) is 0.933. The van der Waals surface area contributed by atoms with Crippen molar-refractivity contribution in [2.45, 2.75) is 12.6 Å². The highest BCUT2D eigenvalue weighted by atomic mass is 35.5. The summed E-state index contributed by atoms with van der Waals surface area (Å²) in [6.45, 7) is 0.440. The van der Waals surface area contributed by atoms with Crippen LogP contribution in [0.1, 0.15) is 11.1 Å². The van der Waals surface area contributed by atoms with Gasteiger partial charge in [-0.05, 0) is 24.6 Å². The van der Waals surface area contributed by atoms with Gasteiger partial charge in [0.2, 0.25) is 0 Å². The zero-order valence-electron chi connectivity index (χ0n) is 10.4. The second-order valence-corrected chi connectivity index (χ2v) is 4.66. The summed E-state index contributed by atoms with van der Waals surface area (Å²) in [7, 11) is 0. The van der Waals surface area contributed by atoms with E-state index in [0.717, 1.165) is 17.8 Å². The zero-order chi connectivity index (χ0) is 14.8. The summed E-state index contributed by atoms with van der Waals surface area (Å²) in [5.41, 5.74) is 6.61. The average molecular weight is 301 g/mol. The summed E-state index contributed by atoms with van der Waals surface area (Å²) in [6.07, 6.45) is -3.05. The predicted octanol–water partition coefficient (Wildman–Crippen LogP) is 3.92. The first-order valence-corrected chi connectivity index (χ1v) is 6.32. The van der Waals surface area contributed by atoms with Gasteiger partial charge >= 0.3 is 6.18 Å². The molecule has 1 heterocycles. The lowest BCUT2D eigenvalue weighted by Crippen LogP contribution is -2.07. The topological polar surface area (TPSA) is 38.9 Å². The molecule has 1 aromatic carbocycles. The molecule has 0 aliphatic rings. The minimum absolute atomic E-state index is 0.0238. The highest BCUT2D eigenvalue weighted by molar-refractivity contribution is 6.33. The Hall–Kier alpha value is -1.59. The lowest BCUT2D eigenvalue weighted by Gasteiger charge is -2.12. The number of rotatable bonds is 3. The molecule has 106 valence electrons. The van der Waals surface area contributed by atoms with Gasteiger partial charge in [0.1, 0.15) is 0 Å². The molecule has 2 nitrogen and oxygen atoms in total. The number of alkyl halides is 3. The van der Waals surface area contributed by atoms with Crippen LogP contribution in [0, 0.1) is 0 Å². The van der Waals surface area contributed by atoms with Crippen LogP contribution in [0.5, 0.6) is 0 Å². The Morgan fingerprint density at radius 1 is 1.20 bits per heavy atom. The van der Waals surface area contributed by atoms with E-state index in [1.807, 2.05) is 12.1 Å². The van der Waals surface area contributed by atoms with E-state index in [4.69, 9.17) is 17.3 Å². The van der Waals surface area contributed by atoms with E-state index in [1.54, 1.807) is 12.1 Å². The summed E-state index contributed by atoms with van der Waals surface area (Å²) in [4.78, 5) is 3.87. The fraction of sp³-hybridized carbons (Fsp3) is 0.214. The minimum Gasteiger partial charge on any atom is -0.330 e. The van der Waals surface area contributed by atoms with Gasteiger partial charge < -0.3 is 5.73 Å². The number of halogens is 4. The van der Waals surface area contributed by atoms with Gasteiger partial charge in [0.05, 0.1) is 16.3 Å². The molecule has 0 radical (unpaired) electrons. The summed E-state index contributed by atoms with van der Waals surface area (Å²) >= 11 is 5.95. The van der Waals surface area contributed by atoms with Crippen LogP contribution in [0.4, 0.5) is 13.2 Å². The summed E-state index contributed by atoms with van der Waals surface area (Å²) in [5, 5.41) is -0.0238. The van der Waals surface area contributed by atoms with Crippen molar-refractivity contribution in [2.24, 2.45) is 5.73 Å². The van der Waals surface area contributed by atoms with Gasteiger partial charge in [-0.2, -0.15) is 13.2 Å². The highest BCUT2D eigenvalue weighted by Gasteiger charge is 2.31. The molecule has 0 amide bonds. The molecule has 0 unspecified atom stereocenters. The molecule has 2 N–H and O–H groups in total. The Kier molecular flexibility index (Phi) is 4.30. The molecule has 0 aliphatic carbocycles. The third-order valence-corrected chi connectivity index (χ3v) is 3.14. The number of nitrogens with zero attached hydrogens (tertiary/aromatic N) is 1. The van der Waals surface area contributed by atoms with Crippen LogP contribution in [0.25, 0.3) is 11.3 Å². The lowest BCUT2D eigenvalue weighted by atomic mass is 10.0. The summed E-state index contributed by atoms with van der Waals surface area (Å²) in [5.74, 6) is 0. The van der Waals surface area contributed by atoms with Crippen molar-refractivity contribution >= 4 is 11.6 Å². The van der Waals surface area contributed by atoms with E-state index < -0.39 is 11.7 Å². The van der Waals surface area contributed by atoms with Gasteiger partial charge in [-0.25, -0.2) is 0 Å². The van der Waals surface area contributed by atoms with E-state index in [2.05, 4.69) is 4.98 Å². The molecule has 6 heteroatoms. The van der Waals surface area contributed by atoms with Gasteiger partial charge in [0, 0.05) is 11.8 Å². The SMILES string of the molecule is NCCc1ccccc1-c1ncc(C(F)(F)F)cc1Cl. The van der Waals surface area contributed by atoms with Crippen molar-refractivity contribution in [3.8, 4) is 11.3 Å². The molecule has 2 rings (SSSR count). The molecule has 1 aromatic heterocycles. The van der Waals surface area contributed by atoms with Crippen molar-refractivity contribution < 1.29 is 13.2 Å². The van der Waals surface area contributed by atoms with Crippen LogP contribution in [0.3, 0.4) is 0 Å².